The second kappa shape index (κ2) is 4.87. The van der Waals surface area contributed by atoms with Crippen molar-refractivity contribution in [1.29, 1.82) is 0 Å². The molecule has 2 aliphatic rings. The Morgan fingerprint density at radius 1 is 1.14 bits per heavy atom. The molecule has 4 rings (SSSR count). The highest BCUT2D eigenvalue weighted by Crippen LogP contribution is 2.41. The number of nitrogens with one attached hydrogen (secondary N) is 2. The maximum absolute atomic E-state index is 12.8. The van der Waals surface area contributed by atoms with Crippen molar-refractivity contribution in [1.82, 2.24) is 15.2 Å². The van der Waals surface area contributed by atoms with Gasteiger partial charge in [-0.3, -0.25) is 9.69 Å². The number of aromatic nitrogens is 1. The van der Waals surface area contributed by atoms with Gasteiger partial charge in [-0.2, -0.15) is 0 Å². The number of carbonyl (C=O) groups excluding carboxylic acids is 2. The highest BCUT2D eigenvalue weighted by molar-refractivity contribution is 6.00. The highest BCUT2D eigenvalue weighted by atomic mass is 16.2. The number of hydrogen-bond donors (Lipinski definition) is 2. The molecule has 1 saturated carbocycles. The van der Waals surface area contributed by atoms with Gasteiger partial charge in [0.25, 0.3) is 0 Å². The zero-order valence-corrected chi connectivity index (χ0v) is 12.4. The van der Waals surface area contributed by atoms with Crippen LogP contribution in [0.3, 0.4) is 0 Å². The summed E-state index contributed by atoms with van der Waals surface area (Å²) in [6.07, 6.45) is 3.91. The van der Waals surface area contributed by atoms with Gasteiger partial charge >= 0.3 is 6.03 Å². The Morgan fingerprint density at radius 3 is 2.68 bits per heavy atom. The van der Waals surface area contributed by atoms with Crippen LogP contribution in [0.5, 0.6) is 0 Å². The van der Waals surface area contributed by atoms with Crippen LogP contribution in [-0.2, 0) is 11.3 Å². The molecule has 2 heterocycles. The summed E-state index contributed by atoms with van der Waals surface area (Å²) < 4.78 is 0. The van der Waals surface area contributed by atoms with Gasteiger partial charge in [-0.25, -0.2) is 4.79 Å². The van der Waals surface area contributed by atoms with Crippen molar-refractivity contribution in [3.05, 3.63) is 36.0 Å². The Bertz CT molecular complexity index is 710. The van der Waals surface area contributed by atoms with Crippen molar-refractivity contribution in [3.63, 3.8) is 0 Å². The minimum absolute atomic E-state index is 0.00703. The average Bonchev–Trinajstić information content (AvgIpc) is 3.15. The molecule has 1 aliphatic heterocycles. The van der Waals surface area contributed by atoms with Crippen LogP contribution in [0.2, 0.25) is 0 Å². The first kappa shape index (κ1) is 13.4. The van der Waals surface area contributed by atoms with E-state index in [1.165, 1.54) is 4.90 Å². The van der Waals surface area contributed by atoms with Crippen LogP contribution in [0.4, 0.5) is 4.79 Å². The number of carbonyl (C=O) groups is 2. The number of H-pyrrole nitrogens is 1. The molecule has 1 aromatic carbocycles. The number of rotatable bonds is 2. The third kappa shape index (κ3) is 2.00. The molecule has 5 heteroatoms. The third-order valence-electron chi connectivity index (χ3n) is 5.00. The normalized spacial score (nSPS) is 20.8. The lowest BCUT2D eigenvalue weighted by Gasteiger charge is -2.38. The molecule has 22 heavy (non-hydrogen) atoms. The number of nitrogens with zero attached hydrogens (tertiary/aromatic N) is 1. The minimum atomic E-state index is -0.361. The van der Waals surface area contributed by atoms with Crippen LogP contribution in [0.1, 0.15) is 31.4 Å². The summed E-state index contributed by atoms with van der Waals surface area (Å²) in [4.78, 5) is 29.6. The van der Waals surface area contributed by atoms with Gasteiger partial charge in [0.1, 0.15) is 0 Å². The summed E-state index contributed by atoms with van der Waals surface area (Å²) in [7, 11) is 0. The summed E-state index contributed by atoms with van der Waals surface area (Å²) >= 11 is 0. The lowest BCUT2D eigenvalue weighted by Crippen LogP contribution is -2.59. The molecule has 2 N–H and O–H groups in total. The van der Waals surface area contributed by atoms with E-state index in [-0.39, 0.29) is 17.4 Å². The maximum Gasteiger partial charge on any atom is 0.324 e. The van der Waals surface area contributed by atoms with Gasteiger partial charge < -0.3 is 10.3 Å². The standard InChI is InChI=1S/C17H19N3O2/c21-15-17(7-3-4-8-17)11-18-16(22)20(15)10-13-9-12-5-1-2-6-14(12)19-13/h1-2,5-6,9,19H,3-4,7-8,10-11H2,(H,18,22). The molecule has 0 unspecified atom stereocenters. The molecule has 114 valence electrons. The molecule has 1 aliphatic carbocycles. The third-order valence-corrected chi connectivity index (χ3v) is 5.00. The summed E-state index contributed by atoms with van der Waals surface area (Å²) in [6, 6.07) is 9.69. The number of urea groups is 1. The summed E-state index contributed by atoms with van der Waals surface area (Å²) in [5, 5.41) is 4.00. The van der Waals surface area contributed by atoms with Crippen molar-refractivity contribution < 1.29 is 9.59 Å². The number of amides is 3. The average molecular weight is 297 g/mol. The van der Waals surface area contributed by atoms with E-state index in [2.05, 4.69) is 10.3 Å². The number of benzene rings is 1. The van der Waals surface area contributed by atoms with E-state index in [0.717, 1.165) is 42.3 Å². The zero-order chi connectivity index (χ0) is 15.2. The van der Waals surface area contributed by atoms with Crippen molar-refractivity contribution >= 4 is 22.8 Å². The topological polar surface area (TPSA) is 65.2 Å². The molecule has 2 aromatic rings. The molecule has 3 amide bonds. The Morgan fingerprint density at radius 2 is 1.91 bits per heavy atom. The van der Waals surface area contributed by atoms with E-state index < -0.39 is 0 Å². The molecule has 0 radical (unpaired) electrons. The molecule has 1 spiro atoms. The molecule has 1 aromatic heterocycles. The molecule has 5 nitrogen and oxygen atoms in total. The Kier molecular flexibility index (Phi) is 2.96. The summed E-state index contributed by atoms with van der Waals surface area (Å²) in [5.74, 6) is -0.00703. The monoisotopic (exact) mass is 297 g/mol. The SMILES string of the molecule is O=C1NCC2(CCCC2)C(=O)N1Cc1cc2ccccc2[nH]1. The van der Waals surface area contributed by atoms with Crippen molar-refractivity contribution in [2.75, 3.05) is 6.54 Å². The lowest BCUT2D eigenvalue weighted by atomic mass is 9.83. The lowest BCUT2D eigenvalue weighted by molar-refractivity contribution is -0.141. The van der Waals surface area contributed by atoms with Gasteiger partial charge in [-0.1, -0.05) is 31.0 Å². The van der Waals surface area contributed by atoms with Crippen LogP contribution < -0.4 is 5.32 Å². The van der Waals surface area contributed by atoms with Gasteiger partial charge in [0, 0.05) is 17.8 Å². The first-order valence-electron chi connectivity index (χ1n) is 7.84. The number of imide groups is 1. The Labute approximate surface area is 128 Å². The van der Waals surface area contributed by atoms with Crippen LogP contribution in [0.15, 0.2) is 30.3 Å². The van der Waals surface area contributed by atoms with Crippen LogP contribution in [0.25, 0.3) is 10.9 Å². The van der Waals surface area contributed by atoms with E-state index >= 15 is 0 Å². The second-order valence-electron chi connectivity index (χ2n) is 6.42. The number of para-hydroxylation sites is 1. The maximum atomic E-state index is 12.8. The van der Waals surface area contributed by atoms with Crippen molar-refractivity contribution in [2.45, 2.75) is 32.2 Å². The van der Waals surface area contributed by atoms with E-state index in [1.807, 2.05) is 30.3 Å². The molecule has 0 bridgehead atoms. The number of aromatic amines is 1. The minimum Gasteiger partial charge on any atom is -0.357 e. The van der Waals surface area contributed by atoms with Crippen LogP contribution in [0, 0.1) is 5.41 Å². The first-order valence-corrected chi connectivity index (χ1v) is 7.84. The van der Waals surface area contributed by atoms with Gasteiger partial charge in [0.05, 0.1) is 12.0 Å². The van der Waals surface area contributed by atoms with E-state index in [4.69, 9.17) is 0 Å². The fraction of sp³-hybridized carbons (Fsp3) is 0.412. The largest absolute Gasteiger partial charge is 0.357 e. The quantitative estimate of drug-likeness (QED) is 0.895. The summed E-state index contributed by atoms with van der Waals surface area (Å²) in [5.41, 5.74) is 1.55. The van der Waals surface area contributed by atoms with Gasteiger partial charge in [0.15, 0.2) is 0 Å². The molecule has 0 atom stereocenters. The van der Waals surface area contributed by atoms with E-state index in [0.29, 0.717) is 13.1 Å². The molecular formula is C17H19N3O2. The molecular weight excluding hydrogens is 278 g/mol. The second-order valence-corrected chi connectivity index (χ2v) is 6.42. The van der Waals surface area contributed by atoms with Crippen molar-refractivity contribution in [3.8, 4) is 0 Å². The Hall–Kier alpha value is -2.30. The zero-order valence-electron chi connectivity index (χ0n) is 12.4. The Balaban J connectivity index is 1.62. The number of fused-ring (bicyclic) bond motifs is 1. The van der Waals surface area contributed by atoms with Gasteiger partial charge in [-0.15, -0.1) is 0 Å². The van der Waals surface area contributed by atoms with Crippen molar-refractivity contribution in [2.24, 2.45) is 5.41 Å². The number of hydrogen-bond acceptors (Lipinski definition) is 2. The predicted molar refractivity (Wildman–Crippen MR) is 83.1 cm³/mol. The highest BCUT2D eigenvalue weighted by Gasteiger charge is 2.48. The summed E-state index contributed by atoms with van der Waals surface area (Å²) in [6.45, 7) is 0.801. The fourth-order valence-electron chi connectivity index (χ4n) is 3.77. The fourth-order valence-corrected chi connectivity index (χ4v) is 3.77. The van der Waals surface area contributed by atoms with E-state index in [1.54, 1.807) is 0 Å². The molecule has 2 fully saturated rings. The van der Waals surface area contributed by atoms with Crippen LogP contribution >= 0.6 is 0 Å². The molecule has 1 saturated heterocycles. The van der Waals surface area contributed by atoms with E-state index in [9.17, 15) is 9.59 Å². The smallest absolute Gasteiger partial charge is 0.324 e. The predicted octanol–water partition coefficient (Wildman–Crippen LogP) is 2.78. The van der Waals surface area contributed by atoms with Gasteiger partial charge in [0.2, 0.25) is 5.91 Å². The first-order chi connectivity index (χ1) is 10.7. The van der Waals surface area contributed by atoms with Gasteiger partial charge in [-0.05, 0) is 30.4 Å². The van der Waals surface area contributed by atoms with Crippen LogP contribution in [-0.4, -0.2) is 28.4 Å².